The van der Waals surface area contributed by atoms with Gasteiger partial charge in [-0.25, -0.2) is 4.72 Å². The summed E-state index contributed by atoms with van der Waals surface area (Å²) in [6.45, 7) is 5.22. The Labute approximate surface area is 127 Å². The van der Waals surface area contributed by atoms with Crippen LogP contribution in [0.5, 0.6) is 0 Å². The molecule has 1 N–H and O–H groups in total. The molecule has 0 aromatic heterocycles. The van der Waals surface area contributed by atoms with Gasteiger partial charge in [0.1, 0.15) is 0 Å². The van der Waals surface area contributed by atoms with Crippen LogP contribution in [0.15, 0.2) is 0 Å². The summed E-state index contributed by atoms with van der Waals surface area (Å²) >= 11 is 1.90. The van der Waals surface area contributed by atoms with Crippen molar-refractivity contribution < 1.29 is 13.2 Å². The minimum Gasteiger partial charge on any atom is -0.373 e. The van der Waals surface area contributed by atoms with Crippen LogP contribution >= 0.6 is 11.8 Å². The molecule has 5 nitrogen and oxygen atoms in total. The summed E-state index contributed by atoms with van der Waals surface area (Å²) in [5.41, 5.74) is 0. The molecule has 1 saturated heterocycles. The van der Waals surface area contributed by atoms with Gasteiger partial charge in [-0.05, 0) is 26.7 Å². The van der Waals surface area contributed by atoms with Crippen molar-refractivity contribution in [1.82, 2.24) is 9.03 Å². The largest absolute Gasteiger partial charge is 0.373 e. The standard InChI is InChI=1S/C13H26N2O3S2/c1-11-9-15(10-12(2)18-11)20(16,17)14-7-8-19-13-5-3-4-6-13/h11-14H,3-10H2,1-2H3/t11-,12-/m1/s1. The minimum atomic E-state index is -3.35. The summed E-state index contributed by atoms with van der Waals surface area (Å²) in [5, 5.41) is 0.739. The Hall–Kier alpha value is 0.180. The molecule has 1 aliphatic heterocycles. The highest BCUT2D eigenvalue weighted by molar-refractivity contribution is 8.00. The average molecular weight is 322 g/mol. The molecule has 0 aromatic carbocycles. The minimum absolute atomic E-state index is 0.0387. The lowest BCUT2D eigenvalue weighted by Gasteiger charge is -2.34. The summed E-state index contributed by atoms with van der Waals surface area (Å²) in [6.07, 6.45) is 5.15. The number of hydrogen-bond acceptors (Lipinski definition) is 4. The predicted molar refractivity (Wildman–Crippen MR) is 83.2 cm³/mol. The van der Waals surface area contributed by atoms with E-state index in [9.17, 15) is 8.42 Å². The fourth-order valence-electron chi connectivity index (χ4n) is 2.87. The Balaban J connectivity index is 1.72. The molecule has 0 spiro atoms. The summed E-state index contributed by atoms with van der Waals surface area (Å²) in [6, 6.07) is 0. The van der Waals surface area contributed by atoms with Gasteiger partial charge >= 0.3 is 0 Å². The van der Waals surface area contributed by atoms with E-state index in [2.05, 4.69) is 4.72 Å². The van der Waals surface area contributed by atoms with Gasteiger partial charge in [0.05, 0.1) is 12.2 Å². The van der Waals surface area contributed by atoms with Crippen LogP contribution in [0.4, 0.5) is 0 Å². The number of thioether (sulfide) groups is 1. The van der Waals surface area contributed by atoms with E-state index in [1.54, 1.807) is 0 Å². The van der Waals surface area contributed by atoms with E-state index in [1.807, 2.05) is 25.6 Å². The highest BCUT2D eigenvalue weighted by Crippen LogP contribution is 2.28. The molecule has 2 atom stereocenters. The molecule has 7 heteroatoms. The number of hydrogen-bond donors (Lipinski definition) is 1. The summed E-state index contributed by atoms with van der Waals surface area (Å²) < 4.78 is 34.2. The fraction of sp³-hybridized carbons (Fsp3) is 1.00. The third kappa shape index (κ3) is 4.87. The molecule has 2 fully saturated rings. The zero-order chi connectivity index (χ0) is 14.6. The van der Waals surface area contributed by atoms with Crippen LogP contribution in [0.25, 0.3) is 0 Å². The highest BCUT2D eigenvalue weighted by Gasteiger charge is 2.30. The van der Waals surface area contributed by atoms with Crippen molar-refractivity contribution in [3.05, 3.63) is 0 Å². The van der Waals surface area contributed by atoms with E-state index in [-0.39, 0.29) is 12.2 Å². The molecule has 0 bridgehead atoms. The predicted octanol–water partition coefficient (Wildman–Crippen LogP) is 1.61. The van der Waals surface area contributed by atoms with E-state index < -0.39 is 10.2 Å². The smallest absolute Gasteiger partial charge is 0.279 e. The molecular weight excluding hydrogens is 296 g/mol. The van der Waals surface area contributed by atoms with Gasteiger partial charge in [-0.1, -0.05) is 12.8 Å². The number of ether oxygens (including phenoxy) is 1. The number of morpholine rings is 1. The fourth-order valence-corrected chi connectivity index (χ4v) is 5.57. The Morgan fingerprint density at radius 2 is 1.80 bits per heavy atom. The molecule has 0 aromatic rings. The Morgan fingerprint density at radius 3 is 2.40 bits per heavy atom. The third-order valence-electron chi connectivity index (χ3n) is 3.77. The topological polar surface area (TPSA) is 58.6 Å². The van der Waals surface area contributed by atoms with Gasteiger partial charge in [0, 0.05) is 30.6 Å². The first kappa shape index (κ1) is 16.5. The molecule has 2 rings (SSSR count). The van der Waals surface area contributed by atoms with E-state index in [0.717, 1.165) is 11.0 Å². The van der Waals surface area contributed by atoms with Crippen molar-refractivity contribution >= 4 is 22.0 Å². The lowest BCUT2D eigenvalue weighted by Crippen LogP contribution is -2.52. The molecule has 1 heterocycles. The van der Waals surface area contributed by atoms with Crippen molar-refractivity contribution in [2.45, 2.75) is 57.0 Å². The van der Waals surface area contributed by atoms with Crippen molar-refractivity contribution in [2.24, 2.45) is 0 Å². The van der Waals surface area contributed by atoms with Gasteiger partial charge in [0.25, 0.3) is 10.2 Å². The van der Waals surface area contributed by atoms with Gasteiger partial charge in [0.15, 0.2) is 0 Å². The highest BCUT2D eigenvalue weighted by atomic mass is 32.2. The molecule has 0 amide bonds. The Bertz CT molecular complexity index is 386. The average Bonchev–Trinajstić information content (AvgIpc) is 2.86. The van der Waals surface area contributed by atoms with Crippen LogP contribution in [0.1, 0.15) is 39.5 Å². The quantitative estimate of drug-likeness (QED) is 0.755. The summed E-state index contributed by atoms with van der Waals surface area (Å²) in [5.74, 6) is 0.860. The second-order valence-corrected chi connectivity index (χ2v) is 8.91. The lowest BCUT2D eigenvalue weighted by atomic mass is 10.3. The molecule has 1 saturated carbocycles. The van der Waals surface area contributed by atoms with Gasteiger partial charge < -0.3 is 4.74 Å². The maximum Gasteiger partial charge on any atom is 0.279 e. The summed E-state index contributed by atoms with van der Waals surface area (Å²) in [7, 11) is -3.35. The van der Waals surface area contributed by atoms with Crippen molar-refractivity contribution in [1.29, 1.82) is 0 Å². The van der Waals surface area contributed by atoms with E-state index >= 15 is 0 Å². The van der Waals surface area contributed by atoms with Crippen molar-refractivity contribution in [3.8, 4) is 0 Å². The lowest BCUT2D eigenvalue weighted by molar-refractivity contribution is -0.0443. The number of nitrogens with zero attached hydrogens (tertiary/aromatic N) is 1. The van der Waals surface area contributed by atoms with Crippen LogP contribution in [-0.4, -0.2) is 55.6 Å². The molecule has 2 aliphatic rings. The van der Waals surface area contributed by atoms with Crippen LogP contribution < -0.4 is 4.72 Å². The second-order valence-electron chi connectivity index (χ2n) is 5.75. The van der Waals surface area contributed by atoms with E-state index in [1.165, 1.54) is 30.0 Å². The maximum atomic E-state index is 12.2. The molecular formula is C13H26N2O3S2. The molecule has 118 valence electrons. The first-order chi connectivity index (χ1) is 9.47. The SMILES string of the molecule is C[C@@H]1CN(S(=O)(=O)NCCSC2CCCC2)C[C@@H](C)O1. The van der Waals surface area contributed by atoms with Crippen LogP contribution in [0.3, 0.4) is 0 Å². The zero-order valence-corrected chi connectivity index (χ0v) is 14.0. The van der Waals surface area contributed by atoms with Gasteiger partial charge in [-0.2, -0.15) is 24.5 Å². The maximum absolute atomic E-state index is 12.2. The molecule has 20 heavy (non-hydrogen) atoms. The molecule has 1 aliphatic carbocycles. The molecule has 0 unspecified atom stereocenters. The van der Waals surface area contributed by atoms with Crippen LogP contribution in [-0.2, 0) is 14.9 Å². The summed E-state index contributed by atoms with van der Waals surface area (Å²) in [4.78, 5) is 0. The van der Waals surface area contributed by atoms with Gasteiger partial charge in [-0.15, -0.1) is 0 Å². The second kappa shape index (κ2) is 7.45. The van der Waals surface area contributed by atoms with E-state index in [4.69, 9.17) is 4.74 Å². The monoisotopic (exact) mass is 322 g/mol. The van der Waals surface area contributed by atoms with E-state index in [0.29, 0.717) is 19.6 Å². The van der Waals surface area contributed by atoms with Gasteiger partial charge in [0.2, 0.25) is 0 Å². The van der Waals surface area contributed by atoms with Crippen LogP contribution in [0, 0.1) is 0 Å². The first-order valence-corrected chi connectivity index (χ1v) is 9.98. The van der Waals surface area contributed by atoms with Crippen molar-refractivity contribution in [3.63, 3.8) is 0 Å². The Morgan fingerprint density at radius 1 is 1.20 bits per heavy atom. The normalized spacial score (nSPS) is 29.9. The first-order valence-electron chi connectivity index (χ1n) is 7.49. The Kier molecular flexibility index (Phi) is 6.16. The molecule has 0 radical (unpaired) electrons. The third-order valence-corrected chi connectivity index (χ3v) is 6.70. The van der Waals surface area contributed by atoms with Crippen LogP contribution in [0.2, 0.25) is 0 Å². The van der Waals surface area contributed by atoms with Crippen molar-refractivity contribution in [2.75, 3.05) is 25.4 Å². The van der Waals surface area contributed by atoms with Gasteiger partial charge in [-0.3, -0.25) is 0 Å². The number of nitrogens with one attached hydrogen (secondary N) is 1. The zero-order valence-electron chi connectivity index (χ0n) is 12.4. The number of rotatable bonds is 6.